The largest absolute Gasteiger partial charge is 0.501 e. The highest BCUT2D eigenvalue weighted by Gasteiger charge is 2.60. The van der Waals surface area contributed by atoms with Gasteiger partial charge in [-0.05, 0) is 38.8 Å². The lowest BCUT2D eigenvalue weighted by atomic mass is 9.99. The molecular weight excluding hydrogens is 458 g/mol. The van der Waals surface area contributed by atoms with E-state index < -0.39 is 44.6 Å². The fourth-order valence-electron chi connectivity index (χ4n) is 4.02. The van der Waals surface area contributed by atoms with E-state index in [1.54, 1.807) is 19.9 Å². The molecule has 3 aliphatic carbocycles. The summed E-state index contributed by atoms with van der Waals surface area (Å²) in [5.74, 6) is -4.37. The molecule has 2 atom stereocenters. The van der Waals surface area contributed by atoms with E-state index in [2.05, 4.69) is 9.88 Å². The van der Waals surface area contributed by atoms with Crippen LogP contribution in [0.2, 0.25) is 0 Å². The van der Waals surface area contributed by atoms with Gasteiger partial charge in [0.1, 0.15) is 23.1 Å². The number of imide groups is 1. The molecular formula is C21H23F2N4O5S+. The SMILES string of the molecule is Cc1cc(CN2C(=O)C3=CC(S(=O)(=O)NC4(C)CC4)C=CC3=[N+](CC3CC3(F)F)C2=O)on1. The molecule has 1 aliphatic heterocycles. The third-order valence-electron chi connectivity index (χ3n) is 6.38. The van der Waals surface area contributed by atoms with E-state index in [9.17, 15) is 26.8 Å². The second-order valence-electron chi connectivity index (χ2n) is 9.38. The standard InChI is InChI=1S/C21H23F2N4O5S/c1-12-7-14(32-24-12)11-27-18(28)16-8-15(33(30,31)25-20(2)5-6-20)3-4-17(16)26(19(27)29)10-13-9-21(13,22)23/h3-4,7-8,13,15,25H,5-6,9-11H2,1-2H3/q+1. The highest BCUT2D eigenvalue weighted by molar-refractivity contribution is 7.90. The Hall–Kier alpha value is -2.73. The van der Waals surface area contributed by atoms with Crippen LogP contribution in [0.5, 0.6) is 0 Å². The Morgan fingerprint density at radius 2 is 2.03 bits per heavy atom. The molecule has 2 unspecified atom stereocenters. The van der Waals surface area contributed by atoms with Gasteiger partial charge in [-0.15, -0.1) is 4.90 Å². The number of fused-ring (bicyclic) bond motifs is 1. The Kier molecular flexibility index (Phi) is 4.77. The van der Waals surface area contributed by atoms with Crippen LogP contribution in [-0.2, 0) is 21.4 Å². The number of carbonyl (C=O) groups excluding carboxylic acids is 2. The molecule has 9 nitrogen and oxygen atoms in total. The van der Waals surface area contributed by atoms with Crippen LogP contribution in [0.1, 0.15) is 37.6 Å². The molecule has 4 aliphatic rings. The zero-order chi connectivity index (χ0) is 23.8. The van der Waals surface area contributed by atoms with E-state index >= 15 is 0 Å². The number of carbonyl (C=O) groups is 2. The fourth-order valence-corrected chi connectivity index (χ4v) is 5.65. The molecule has 0 aromatic carbocycles. The van der Waals surface area contributed by atoms with Gasteiger partial charge in [0, 0.05) is 18.0 Å². The summed E-state index contributed by atoms with van der Waals surface area (Å²) in [6.07, 6.45) is 5.09. The first-order valence-corrected chi connectivity index (χ1v) is 12.2. The lowest BCUT2D eigenvalue weighted by molar-refractivity contribution is -0.442. The van der Waals surface area contributed by atoms with Crippen LogP contribution in [0.15, 0.2) is 34.4 Å². The number of aryl methyl sites for hydroxylation is 1. The molecule has 33 heavy (non-hydrogen) atoms. The number of halogens is 2. The predicted molar refractivity (Wildman–Crippen MR) is 111 cm³/mol. The molecule has 2 saturated carbocycles. The average Bonchev–Trinajstić information content (AvgIpc) is 3.54. The third kappa shape index (κ3) is 4.05. The molecule has 12 heteroatoms. The summed E-state index contributed by atoms with van der Waals surface area (Å²) >= 11 is 0. The van der Waals surface area contributed by atoms with E-state index in [-0.39, 0.29) is 36.6 Å². The van der Waals surface area contributed by atoms with Crippen LogP contribution in [0.4, 0.5) is 13.6 Å². The summed E-state index contributed by atoms with van der Waals surface area (Å²) < 4.78 is 61.9. The van der Waals surface area contributed by atoms with Crippen molar-refractivity contribution in [1.82, 2.24) is 14.8 Å². The van der Waals surface area contributed by atoms with Crippen molar-refractivity contribution in [3.8, 4) is 0 Å². The second kappa shape index (κ2) is 7.13. The summed E-state index contributed by atoms with van der Waals surface area (Å²) in [5, 5.41) is 2.60. The molecule has 0 spiro atoms. The quantitative estimate of drug-likeness (QED) is 0.596. The van der Waals surface area contributed by atoms with Crippen molar-refractivity contribution in [1.29, 1.82) is 0 Å². The Labute approximate surface area is 188 Å². The molecule has 1 N–H and O–H groups in total. The van der Waals surface area contributed by atoms with Crippen LogP contribution in [0, 0.1) is 12.8 Å². The van der Waals surface area contributed by atoms with Gasteiger partial charge in [0.05, 0.1) is 11.6 Å². The number of sulfonamides is 1. The first-order valence-electron chi connectivity index (χ1n) is 10.6. The van der Waals surface area contributed by atoms with Crippen LogP contribution in [0.3, 0.4) is 0 Å². The first kappa shape index (κ1) is 22.1. The zero-order valence-electron chi connectivity index (χ0n) is 18.0. The van der Waals surface area contributed by atoms with Gasteiger partial charge in [-0.3, -0.25) is 0 Å². The number of allylic oxidation sites excluding steroid dienone is 1. The van der Waals surface area contributed by atoms with Crippen molar-refractivity contribution >= 4 is 27.7 Å². The van der Waals surface area contributed by atoms with Gasteiger partial charge in [0.2, 0.25) is 10.0 Å². The van der Waals surface area contributed by atoms with Gasteiger partial charge < -0.3 is 4.52 Å². The Bertz CT molecular complexity index is 1260. The van der Waals surface area contributed by atoms with Crippen molar-refractivity contribution in [2.45, 2.75) is 56.4 Å². The molecule has 5 rings (SSSR count). The van der Waals surface area contributed by atoms with Crippen LogP contribution in [-0.4, -0.2) is 64.0 Å². The Morgan fingerprint density at radius 1 is 1.33 bits per heavy atom. The van der Waals surface area contributed by atoms with Gasteiger partial charge in [-0.2, -0.15) is 9.37 Å². The number of aromatic nitrogens is 1. The van der Waals surface area contributed by atoms with Crippen LogP contribution < -0.4 is 4.72 Å². The van der Waals surface area contributed by atoms with Crippen LogP contribution in [0.25, 0.3) is 0 Å². The number of hydrogen-bond donors (Lipinski definition) is 1. The lowest BCUT2D eigenvalue weighted by Crippen LogP contribution is -2.52. The minimum Gasteiger partial charge on any atom is -0.357 e. The number of hydrogen-bond acceptors (Lipinski definition) is 6. The molecule has 3 amide bonds. The molecule has 0 radical (unpaired) electrons. The number of rotatable bonds is 7. The van der Waals surface area contributed by atoms with E-state index in [4.69, 9.17) is 4.52 Å². The van der Waals surface area contributed by atoms with E-state index in [1.165, 1.54) is 18.2 Å². The fraction of sp³-hybridized carbons (Fsp3) is 0.524. The summed E-state index contributed by atoms with van der Waals surface area (Å²) in [4.78, 5) is 27.3. The number of nitrogens with one attached hydrogen (secondary N) is 1. The maximum Gasteiger partial charge on any atom is 0.501 e. The van der Waals surface area contributed by atoms with Gasteiger partial charge in [-0.25, -0.2) is 26.7 Å². The topological polar surface area (TPSA) is 113 Å². The minimum absolute atomic E-state index is 0.0198. The van der Waals surface area contributed by atoms with Gasteiger partial charge in [0.25, 0.3) is 5.92 Å². The van der Waals surface area contributed by atoms with E-state index in [0.29, 0.717) is 5.69 Å². The van der Waals surface area contributed by atoms with Crippen molar-refractivity contribution in [2.75, 3.05) is 6.54 Å². The minimum atomic E-state index is -3.84. The van der Waals surface area contributed by atoms with E-state index in [1.807, 2.05) is 0 Å². The maximum absolute atomic E-state index is 13.6. The van der Waals surface area contributed by atoms with Crippen molar-refractivity contribution in [3.05, 3.63) is 41.3 Å². The summed E-state index contributed by atoms with van der Waals surface area (Å²) in [6.45, 7) is 2.94. The predicted octanol–water partition coefficient (Wildman–Crippen LogP) is 1.89. The second-order valence-corrected chi connectivity index (χ2v) is 11.2. The smallest absolute Gasteiger partial charge is 0.357 e. The molecule has 1 aromatic rings. The summed E-state index contributed by atoms with van der Waals surface area (Å²) in [6, 6.07) is 0.792. The first-order chi connectivity index (χ1) is 15.4. The molecule has 2 fully saturated rings. The van der Waals surface area contributed by atoms with Crippen molar-refractivity contribution in [3.63, 3.8) is 0 Å². The normalized spacial score (nSPS) is 27.5. The summed E-state index contributed by atoms with van der Waals surface area (Å²) in [5.41, 5.74) is 0.159. The molecule has 176 valence electrons. The number of urea groups is 1. The number of amides is 3. The number of alkyl halides is 2. The average molecular weight is 482 g/mol. The Balaban J connectivity index is 1.51. The van der Waals surface area contributed by atoms with Gasteiger partial charge in [-0.1, -0.05) is 11.2 Å². The van der Waals surface area contributed by atoms with E-state index in [0.717, 1.165) is 22.3 Å². The maximum atomic E-state index is 13.6. The van der Waals surface area contributed by atoms with Crippen LogP contribution >= 0.6 is 0 Å². The zero-order valence-corrected chi connectivity index (χ0v) is 18.9. The lowest BCUT2D eigenvalue weighted by Gasteiger charge is -2.26. The van der Waals surface area contributed by atoms with Crippen molar-refractivity contribution in [2.24, 2.45) is 5.92 Å². The Morgan fingerprint density at radius 3 is 2.61 bits per heavy atom. The molecule has 0 bridgehead atoms. The third-order valence-corrected chi connectivity index (χ3v) is 8.16. The van der Waals surface area contributed by atoms with Crippen molar-refractivity contribution < 1.29 is 35.9 Å². The molecule has 0 saturated heterocycles. The highest BCUT2D eigenvalue weighted by Crippen LogP contribution is 2.48. The summed E-state index contributed by atoms with van der Waals surface area (Å²) in [7, 11) is -3.84. The molecule has 2 heterocycles. The van der Waals surface area contributed by atoms with Gasteiger partial charge in [0.15, 0.2) is 12.3 Å². The monoisotopic (exact) mass is 481 g/mol. The highest BCUT2D eigenvalue weighted by atomic mass is 32.2. The van der Waals surface area contributed by atoms with Gasteiger partial charge >= 0.3 is 11.9 Å². The number of nitrogens with zero attached hydrogens (tertiary/aromatic N) is 3. The molecule has 1 aromatic heterocycles.